The Hall–Kier alpha value is -7.50. The predicted molar refractivity (Wildman–Crippen MR) is 223 cm³/mol. The smallest absolute Gasteiger partial charge is 0.180 e. The molecule has 0 aliphatic rings. The lowest BCUT2D eigenvalue weighted by Gasteiger charge is -2.11. The SMILES string of the molecule is c1ccc(-c2nccnc2-c2cccc(-c3cccc(-c4cccc(-c5cccc(-c6nc(-c7ccccc7)c7oc8ccccc8c7n6)c5)c4)c3)c2)cc1. The van der Waals surface area contributed by atoms with Crippen molar-refractivity contribution in [2.24, 2.45) is 0 Å². The third-order valence-electron chi connectivity index (χ3n) is 9.99. The lowest BCUT2D eigenvalue weighted by molar-refractivity contribution is 0.667. The molecule has 0 saturated heterocycles. The van der Waals surface area contributed by atoms with Crippen molar-refractivity contribution in [2.75, 3.05) is 0 Å². The van der Waals surface area contributed by atoms with Crippen molar-refractivity contribution in [3.05, 3.63) is 194 Å². The van der Waals surface area contributed by atoms with E-state index in [9.17, 15) is 0 Å². The van der Waals surface area contributed by atoms with Crippen LogP contribution in [0.2, 0.25) is 0 Å². The maximum absolute atomic E-state index is 6.33. The Morgan fingerprint density at radius 1 is 0.327 bits per heavy atom. The Morgan fingerprint density at radius 2 is 0.745 bits per heavy atom. The van der Waals surface area contributed by atoms with Crippen LogP contribution < -0.4 is 0 Å². The van der Waals surface area contributed by atoms with Crippen LogP contribution in [-0.4, -0.2) is 19.9 Å². The summed E-state index contributed by atoms with van der Waals surface area (Å²) in [6, 6.07) is 62.9. The average Bonchev–Trinajstić information content (AvgIpc) is 3.66. The molecule has 0 spiro atoms. The maximum Gasteiger partial charge on any atom is 0.180 e. The van der Waals surface area contributed by atoms with Gasteiger partial charge in [-0.05, 0) is 69.8 Å². The number of hydrogen-bond acceptors (Lipinski definition) is 5. The number of rotatable bonds is 7. The second-order valence-electron chi connectivity index (χ2n) is 13.5. The number of fused-ring (bicyclic) bond motifs is 3. The second-order valence-corrected chi connectivity index (χ2v) is 13.5. The highest BCUT2D eigenvalue weighted by Gasteiger charge is 2.18. The molecule has 55 heavy (non-hydrogen) atoms. The number of para-hydroxylation sites is 1. The first-order chi connectivity index (χ1) is 27.2. The van der Waals surface area contributed by atoms with Crippen LogP contribution in [0, 0.1) is 0 Å². The Balaban J connectivity index is 0.998. The van der Waals surface area contributed by atoms with E-state index in [1.807, 2.05) is 54.6 Å². The molecule has 5 heteroatoms. The predicted octanol–water partition coefficient (Wildman–Crippen LogP) is 12.8. The zero-order valence-corrected chi connectivity index (χ0v) is 29.7. The summed E-state index contributed by atoms with van der Waals surface area (Å²) in [5, 5.41) is 0.974. The zero-order chi connectivity index (χ0) is 36.6. The first-order valence-corrected chi connectivity index (χ1v) is 18.3. The topological polar surface area (TPSA) is 64.7 Å². The van der Waals surface area contributed by atoms with Gasteiger partial charge in [0.1, 0.15) is 16.8 Å². The van der Waals surface area contributed by atoms with Gasteiger partial charge in [-0.1, -0.05) is 146 Å². The first kappa shape index (κ1) is 32.2. The summed E-state index contributed by atoms with van der Waals surface area (Å²) in [5.74, 6) is 0.656. The molecule has 0 unspecified atom stereocenters. The normalized spacial score (nSPS) is 11.3. The van der Waals surface area contributed by atoms with E-state index in [0.717, 1.165) is 89.2 Å². The largest absolute Gasteiger partial charge is 0.452 e. The molecule has 0 atom stereocenters. The maximum atomic E-state index is 6.33. The molecule has 0 fully saturated rings. The molecule has 10 aromatic rings. The van der Waals surface area contributed by atoms with E-state index in [1.54, 1.807) is 12.4 Å². The van der Waals surface area contributed by atoms with Gasteiger partial charge in [-0.25, -0.2) is 9.97 Å². The Kier molecular flexibility index (Phi) is 8.08. The van der Waals surface area contributed by atoms with E-state index in [1.165, 1.54) is 0 Å². The van der Waals surface area contributed by atoms with Crippen molar-refractivity contribution < 1.29 is 4.42 Å². The van der Waals surface area contributed by atoms with Gasteiger partial charge in [0, 0.05) is 40.0 Å². The molecule has 0 bridgehead atoms. The van der Waals surface area contributed by atoms with Crippen molar-refractivity contribution in [1.29, 1.82) is 0 Å². The van der Waals surface area contributed by atoms with Gasteiger partial charge in [0.25, 0.3) is 0 Å². The fraction of sp³-hybridized carbons (Fsp3) is 0. The molecular formula is C50H32N4O. The van der Waals surface area contributed by atoms with Crippen molar-refractivity contribution in [1.82, 2.24) is 19.9 Å². The Labute approximate surface area is 318 Å². The summed E-state index contributed by atoms with van der Waals surface area (Å²) < 4.78 is 6.33. The van der Waals surface area contributed by atoms with Gasteiger partial charge < -0.3 is 4.42 Å². The van der Waals surface area contributed by atoms with Gasteiger partial charge >= 0.3 is 0 Å². The van der Waals surface area contributed by atoms with Crippen LogP contribution in [0.25, 0.3) is 101 Å². The van der Waals surface area contributed by atoms with Crippen LogP contribution in [-0.2, 0) is 0 Å². The number of nitrogens with zero attached hydrogens (tertiary/aromatic N) is 4. The number of aromatic nitrogens is 4. The summed E-state index contributed by atoms with van der Waals surface area (Å²) in [6.07, 6.45) is 3.51. The molecule has 7 aromatic carbocycles. The highest BCUT2D eigenvalue weighted by atomic mass is 16.3. The number of benzene rings is 7. The number of furan rings is 1. The minimum Gasteiger partial charge on any atom is -0.452 e. The zero-order valence-electron chi connectivity index (χ0n) is 29.7. The summed E-state index contributed by atoms with van der Waals surface area (Å²) in [7, 11) is 0. The third-order valence-corrected chi connectivity index (χ3v) is 9.99. The van der Waals surface area contributed by atoms with E-state index in [-0.39, 0.29) is 0 Å². The van der Waals surface area contributed by atoms with Gasteiger partial charge in [0.15, 0.2) is 11.4 Å². The molecule has 0 N–H and O–H groups in total. The summed E-state index contributed by atoms with van der Waals surface area (Å²) in [6.45, 7) is 0. The fourth-order valence-electron chi connectivity index (χ4n) is 7.31. The molecule has 5 nitrogen and oxygen atoms in total. The molecule has 0 aliphatic carbocycles. The van der Waals surface area contributed by atoms with Gasteiger partial charge in [0.2, 0.25) is 0 Å². The molecule has 10 rings (SSSR count). The van der Waals surface area contributed by atoms with Crippen molar-refractivity contribution in [2.45, 2.75) is 0 Å². The monoisotopic (exact) mass is 704 g/mol. The molecule has 258 valence electrons. The quantitative estimate of drug-likeness (QED) is 0.165. The standard InChI is InChI=1S/C50H32N4O/c1-3-13-33(14-4-1)45-46(52-28-27-51-45)41-23-11-21-39(31-41)37-19-9-17-35(29-37)36-18-10-20-38(30-36)40-22-12-24-42(32-40)50-53-47(34-15-5-2-6-16-34)49-48(54-50)43-25-7-8-26-44(43)55-49/h1-32H. The third kappa shape index (κ3) is 6.14. The highest BCUT2D eigenvalue weighted by molar-refractivity contribution is 6.07. The molecule has 0 amide bonds. The van der Waals surface area contributed by atoms with Crippen LogP contribution in [0.4, 0.5) is 0 Å². The lowest BCUT2D eigenvalue weighted by Crippen LogP contribution is -1.94. The Bertz CT molecular complexity index is 2990. The highest BCUT2D eigenvalue weighted by Crippen LogP contribution is 2.37. The van der Waals surface area contributed by atoms with Crippen LogP contribution in [0.15, 0.2) is 199 Å². The molecule has 3 aromatic heterocycles. The minimum atomic E-state index is 0.656. The molecule has 3 heterocycles. The summed E-state index contributed by atoms with van der Waals surface area (Å²) in [5.41, 5.74) is 15.5. The summed E-state index contributed by atoms with van der Waals surface area (Å²) in [4.78, 5) is 19.7. The van der Waals surface area contributed by atoms with Crippen molar-refractivity contribution in [3.63, 3.8) is 0 Å². The second kappa shape index (κ2) is 13.8. The summed E-state index contributed by atoms with van der Waals surface area (Å²) >= 11 is 0. The molecule has 0 radical (unpaired) electrons. The van der Waals surface area contributed by atoms with Gasteiger partial charge in [-0.15, -0.1) is 0 Å². The Morgan fingerprint density at radius 3 is 1.33 bits per heavy atom. The van der Waals surface area contributed by atoms with E-state index in [2.05, 4.69) is 127 Å². The molecule has 0 aliphatic heterocycles. The van der Waals surface area contributed by atoms with Crippen LogP contribution in [0.3, 0.4) is 0 Å². The molecular weight excluding hydrogens is 673 g/mol. The number of hydrogen-bond donors (Lipinski definition) is 0. The van der Waals surface area contributed by atoms with Gasteiger partial charge in [0.05, 0.1) is 11.4 Å². The van der Waals surface area contributed by atoms with E-state index < -0.39 is 0 Å². The first-order valence-electron chi connectivity index (χ1n) is 18.3. The van der Waals surface area contributed by atoms with Crippen LogP contribution in [0.1, 0.15) is 0 Å². The van der Waals surface area contributed by atoms with E-state index in [4.69, 9.17) is 24.4 Å². The van der Waals surface area contributed by atoms with Gasteiger partial charge in [-0.3, -0.25) is 9.97 Å². The minimum absolute atomic E-state index is 0.656. The van der Waals surface area contributed by atoms with Crippen LogP contribution >= 0.6 is 0 Å². The van der Waals surface area contributed by atoms with Crippen molar-refractivity contribution in [3.8, 4) is 78.5 Å². The van der Waals surface area contributed by atoms with Crippen molar-refractivity contribution >= 4 is 22.1 Å². The lowest BCUT2D eigenvalue weighted by atomic mass is 9.94. The fourth-order valence-corrected chi connectivity index (χ4v) is 7.31. The average molecular weight is 705 g/mol. The van der Waals surface area contributed by atoms with Gasteiger partial charge in [-0.2, -0.15) is 0 Å². The van der Waals surface area contributed by atoms with E-state index in [0.29, 0.717) is 11.4 Å². The van der Waals surface area contributed by atoms with Crippen LogP contribution in [0.5, 0.6) is 0 Å². The molecule has 0 saturated carbocycles. The van der Waals surface area contributed by atoms with E-state index >= 15 is 0 Å².